The number of carbonyl (C=O) groups excluding carboxylic acids is 1. The molecule has 0 bridgehead atoms. The van der Waals surface area contributed by atoms with Crippen LogP contribution in [0.2, 0.25) is 0 Å². The molecular formula is C16H19N3O. The highest BCUT2D eigenvalue weighted by atomic mass is 16.1. The molecule has 0 unspecified atom stereocenters. The number of Topliss-reactive ketones (excluding diaryl/α,β-unsaturated/α-hetero) is 1. The molecule has 0 radical (unpaired) electrons. The maximum absolute atomic E-state index is 11.6. The molecule has 2 N–H and O–H groups in total. The summed E-state index contributed by atoms with van der Waals surface area (Å²) < 4.78 is 0. The van der Waals surface area contributed by atoms with Crippen LogP contribution in [0.5, 0.6) is 0 Å². The Kier molecular flexibility index (Phi) is 4.35. The summed E-state index contributed by atoms with van der Waals surface area (Å²) >= 11 is 0. The van der Waals surface area contributed by atoms with Gasteiger partial charge >= 0.3 is 0 Å². The maximum atomic E-state index is 11.6. The minimum atomic E-state index is -0.0155. The van der Waals surface area contributed by atoms with E-state index >= 15 is 0 Å². The van der Waals surface area contributed by atoms with Gasteiger partial charge in [-0.3, -0.25) is 9.78 Å². The first-order valence-corrected chi connectivity index (χ1v) is 6.67. The van der Waals surface area contributed by atoms with Crippen molar-refractivity contribution in [3.63, 3.8) is 0 Å². The molecule has 0 aliphatic carbocycles. The Balaban J connectivity index is 2.28. The van der Waals surface area contributed by atoms with E-state index in [1.807, 2.05) is 30.3 Å². The lowest BCUT2D eigenvalue weighted by Gasteiger charge is -2.23. The number of ketones is 1. The molecule has 0 fully saturated rings. The number of hydrogen-bond donors (Lipinski definition) is 1. The van der Waals surface area contributed by atoms with Gasteiger partial charge in [-0.1, -0.05) is 6.07 Å². The molecule has 0 amide bonds. The highest BCUT2D eigenvalue weighted by Crippen LogP contribution is 2.23. The number of nitrogens with zero attached hydrogens (tertiary/aromatic N) is 2. The van der Waals surface area contributed by atoms with Crippen LogP contribution in [0.25, 0.3) is 0 Å². The van der Waals surface area contributed by atoms with E-state index in [-0.39, 0.29) is 5.78 Å². The van der Waals surface area contributed by atoms with Gasteiger partial charge in [0, 0.05) is 29.7 Å². The van der Waals surface area contributed by atoms with Gasteiger partial charge in [0.25, 0.3) is 0 Å². The number of rotatable bonds is 5. The number of anilines is 2. The molecule has 0 saturated carbocycles. The first-order valence-electron chi connectivity index (χ1n) is 6.67. The fourth-order valence-electron chi connectivity index (χ4n) is 2.12. The zero-order valence-corrected chi connectivity index (χ0v) is 11.8. The number of nitrogen functional groups attached to an aromatic ring is 1. The summed E-state index contributed by atoms with van der Waals surface area (Å²) in [7, 11) is 0. The molecule has 4 nitrogen and oxygen atoms in total. The molecule has 2 aromatic rings. The van der Waals surface area contributed by atoms with Gasteiger partial charge in [-0.25, -0.2) is 0 Å². The molecule has 0 atom stereocenters. The summed E-state index contributed by atoms with van der Waals surface area (Å²) in [5.41, 5.74) is 8.91. The molecule has 20 heavy (non-hydrogen) atoms. The van der Waals surface area contributed by atoms with Crippen molar-refractivity contribution >= 4 is 17.2 Å². The van der Waals surface area contributed by atoms with E-state index in [1.54, 1.807) is 12.3 Å². The first-order chi connectivity index (χ1) is 9.61. The van der Waals surface area contributed by atoms with Crippen LogP contribution in [0.3, 0.4) is 0 Å². The first kappa shape index (κ1) is 14.1. The molecule has 104 valence electrons. The van der Waals surface area contributed by atoms with Crippen LogP contribution in [0.1, 0.15) is 29.9 Å². The monoisotopic (exact) mass is 269 g/mol. The molecular weight excluding hydrogens is 250 g/mol. The lowest BCUT2D eigenvalue weighted by Crippen LogP contribution is -2.23. The van der Waals surface area contributed by atoms with Crippen molar-refractivity contribution in [3.8, 4) is 0 Å². The summed E-state index contributed by atoms with van der Waals surface area (Å²) in [6, 6.07) is 11.4. The van der Waals surface area contributed by atoms with Crippen molar-refractivity contribution < 1.29 is 4.79 Å². The second-order valence-electron chi connectivity index (χ2n) is 4.66. The fourth-order valence-corrected chi connectivity index (χ4v) is 2.12. The summed E-state index contributed by atoms with van der Waals surface area (Å²) in [4.78, 5) is 18.1. The lowest BCUT2D eigenvalue weighted by molar-refractivity contribution is 0.101. The molecule has 0 aliphatic heterocycles. The second kappa shape index (κ2) is 6.19. The standard InChI is InChI=1S/C16H19N3O/c1-3-19(11-13-6-4-5-9-18-13)14-7-8-16(17)15(10-14)12(2)20/h4-10H,3,11,17H2,1-2H3. The van der Waals surface area contributed by atoms with Gasteiger partial charge in [-0.2, -0.15) is 0 Å². The highest BCUT2D eigenvalue weighted by Gasteiger charge is 2.10. The number of hydrogen-bond acceptors (Lipinski definition) is 4. The largest absolute Gasteiger partial charge is 0.398 e. The maximum Gasteiger partial charge on any atom is 0.161 e. The number of pyridine rings is 1. The van der Waals surface area contributed by atoms with E-state index in [9.17, 15) is 4.79 Å². The van der Waals surface area contributed by atoms with E-state index in [2.05, 4.69) is 16.8 Å². The summed E-state index contributed by atoms with van der Waals surface area (Å²) in [6.45, 7) is 5.15. The van der Waals surface area contributed by atoms with E-state index in [4.69, 9.17) is 5.73 Å². The minimum Gasteiger partial charge on any atom is -0.398 e. The molecule has 1 aromatic carbocycles. The Hall–Kier alpha value is -2.36. The molecule has 1 heterocycles. The van der Waals surface area contributed by atoms with Crippen LogP contribution in [0.15, 0.2) is 42.6 Å². The third-order valence-corrected chi connectivity index (χ3v) is 3.24. The van der Waals surface area contributed by atoms with Crippen LogP contribution < -0.4 is 10.6 Å². The Labute approximate surface area is 119 Å². The zero-order valence-electron chi connectivity index (χ0n) is 11.8. The minimum absolute atomic E-state index is 0.0155. The van der Waals surface area contributed by atoms with E-state index in [0.717, 1.165) is 17.9 Å². The van der Waals surface area contributed by atoms with Crippen molar-refractivity contribution in [1.82, 2.24) is 4.98 Å². The Bertz CT molecular complexity index is 596. The normalized spacial score (nSPS) is 10.3. The number of carbonyl (C=O) groups is 1. The van der Waals surface area contributed by atoms with E-state index < -0.39 is 0 Å². The van der Waals surface area contributed by atoms with Gasteiger partial charge in [0.2, 0.25) is 0 Å². The predicted octanol–water partition coefficient (Wildman–Crippen LogP) is 2.89. The van der Waals surface area contributed by atoms with E-state index in [0.29, 0.717) is 17.8 Å². The predicted molar refractivity (Wildman–Crippen MR) is 81.8 cm³/mol. The average Bonchev–Trinajstić information content (AvgIpc) is 2.46. The second-order valence-corrected chi connectivity index (χ2v) is 4.66. The van der Waals surface area contributed by atoms with Crippen LogP contribution >= 0.6 is 0 Å². The van der Waals surface area contributed by atoms with E-state index in [1.165, 1.54) is 6.92 Å². The third-order valence-electron chi connectivity index (χ3n) is 3.24. The van der Waals surface area contributed by atoms with Crippen LogP contribution in [-0.2, 0) is 6.54 Å². The Morgan fingerprint density at radius 3 is 2.70 bits per heavy atom. The lowest BCUT2D eigenvalue weighted by atomic mass is 10.1. The van der Waals surface area contributed by atoms with Crippen molar-refractivity contribution in [2.45, 2.75) is 20.4 Å². The van der Waals surface area contributed by atoms with Crippen LogP contribution in [0.4, 0.5) is 11.4 Å². The third kappa shape index (κ3) is 3.15. The molecule has 1 aromatic heterocycles. The topological polar surface area (TPSA) is 59.2 Å². The quantitative estimate of drug-likeness (QED) is 0.669. The molecule has 0 spiro atoms. The van der Waals surface area contributed by atoms with Gasteiger partial charge in [-0.05, 0) is 44.2 Å². The van der Waals surface area contributed by atoms with Crippen molar-refractivity contribution in [1.29, 1.82) is 0 Å². The molecule has 2 rings (SSSR count). The van der Waals surface area contributed by atoms with Crippen molar-refractivity contribution in [2.24, 2.45) is 0 Å². The molecule has 4 heteroatoms. The molecule has 0 aliphatic rings. The van der Waals surface area contributed by atoms with Crippen molar-refractivity contribution in [3.05, 3.63) is 53.9 Å². The summed E-state index contributed by atoms with van der Waals surface area (Å²) in [6.07, 6.45) is 1.78. The van der Waals surface area contributed by atoms with Gasteiger partial charge in [0.05, 0.1) is 12.2 Å². The van der Waals surface area contributed by atoms with Gasteiger partial charge in [-0.15, -0.1) is 0 Å². The Morgan fingerprint density at radius 2 is 2.10 bits per heavy atom. The smallest absolute Gasteiger partial charge is 0.161 e. The molecule has 0 saturated heterocycles. The van der Waals surface area contributed by atoms with Crippen molar-refractivity contribution in [2.75, 3.05) is 17.2 Å². The SMILES string of the molecule is CCN(Cc1ccccn1)c1ccc(N)c(C(C)=O)c1. The summed E-state index contributed by atoms with van der Waals surface area (Å²) in [5.74, 6) is -0.0155. The van der Waals surface area contributed by atoms with Gasteiger partial charge in [0.1, 0.15) is 0 Å². The van der Waals surface area contributed by atoms with Gasteiger partial charge < -0.3 is 10.6 Å². The van der Waals surface area contributed by atoms with Gasteiger partial charge in [0.15, 0.2) is 5.78 Å². The number of benzene rings is 1. The van der Waals surface area contributed by atoms with Crippen LogP contribution in [-0.4, -0.2) is 17.3 Å². The fraction of sp³-hybridized carbons (Fsp3) is 0.250. The zero-order chi connectivity index (χ0) is 14.5. The average molecular weight is 269 g/mol. The van der Waals surface area contributed by atoms with Crippen LogP contribution in [0, 0.1) is 0 Å². The summed E-state index contributed by atoms with van der Waals surface area (Å²) in [5, 5.41) is 0. The Morgan fingerprint density at radius 1 is 1.30 bits per heavy atom. The number of nitrogens with two attached hydrogens (primary N) is 1. The highest BCUT2D eigenvalue weighted by molar-refractivity contribution is 6.00. The number of aromatic nitrogens is 1.